The number of nitrogens with zero attached hydrogens (tertiary/aromatic N) is 3. The molecule has 1 N–H and O–H groups in total. The monoisotopic (exact) mass is 522 g/mol. The summed E-state index contributed by atoms with van der Waals surface area (Å²) in [7, 11) is 0. The number of urea groups is 1. The Morgan fingerprint density at radius 3 is 2.13 bits per heavy atom. The van der Waals surface area contributed by atoms with Gasteiger partial charge in [-0.2, -0.15) is 0 Å². The summed E-state index contributed by atoms with van der Waals surface area (Å²) >= 11 is 0. The van der Waals surface area contributed by atoms with E-state index in [1.165, 1.54) is 10.5 Å². The molecule has 3 heterocycles. The fourth-order valence-electron chi connectivity index (χ4n) is 7.30. The molecule has 1 saturated carbocycles. The van der Waals surface area contributed by atoms with Crippen molar-refractivity contribution in [3.05, 3.63) is 29.8 Å². The molecule has 3 aliphatic heterocycles. The highest BCUT2D eigenvalue weighted by Crippen LogP contribution is 2.69. The molecule has 206 valence electrons. The summed E-state index contributed by atoms with van der Waals surface area (Å²) in [6.07, 6.45) is 1.94. The minimum absolute atomic E-state index is 0.0935. The van der Waals surface area contributed by atoms with Crippen molar-refractivity contribution in [2.75, 3.05) is 18.4 Å². The van der Waals surface area contributed by atoms with Crippen LogP contribution in [0.3, 0.4) is 0 Å². The van der Waals surface area contributed by atoms with Gasteiger partial charge in [0.2, 0.25) is 17.7 Å². The highest BCUT2D eigenvalue weighted by atomic mass is 16.2. The molecule has 8 heteroatoms. The molecule has 4 fully saturated rings. The van der Waals surface area contributed by atoms with E-state index >= 15 is 0 Å². The minimum atomic E-state index is -0.558. The van der Waals surface area contributed by atoms with Gasteiger partial charge in [-0.05, 0) is 53.7 Å². The molecular formula is C30H42N4O4. The number of hydrogen-bond acceptors (Lipinski definition) is 4. The standard InChI is InChI=1S/C30H42N4O4/c1-17(2)19-10-12-20(13-11-19)31-28(38)32-15-8-9-22(32)26(36)33-16-14-21-23(33)18(3)25(35)34(21)27(37)24-29(4,5)30(24,6)7/h10-13,17-18,21-24H,8-9,14-16H2,1-7H3,(H,31,38)/t18-,21-,22-,23+/m0/s1. The molecule has 0 bridgehead atoms. The zero-order valence-corrected chi connectivity index (χ0v) is 23.8. The average Bonchev–Trinajstić information content (AvgIpc) is 3.39. The number of carbonyl (C=O) groups is 4. The Labute approximate surface area is 226 Å². The van der Waals surface area contributed by atoms with Gasteiger partial charge < -0.3 is 15.1 Å². The third-order valence-corrected chi connectivity index (χ3v) is 10.3. The van der Waals surface area contributed by atoms with Gasteiger partial charge in [-0.15, -0.1) is 0 Å². The summed E-state index contributed by atoms with van der Waals surface area (Å²) in [4.78, 5) is 58.9. The van der Waals surface area contributed by atoms with Crippen LogP contribution in [-0.4, -0.2) is 69.7 Å². The summed E-state index contributed by atoms with van der Waals surface area (Å²) in [5.74, 6) is -0.609. The van der Waals surface area contributed by atoms with Crippen molar-refractivity contribution in [2.24, 2.45) is 22.7 Å². The average molecular weight is 523 g/mol. The van der Waals surface area contributed by atoms with Gasteiger partial charge in [-0.25, -0.2) is 4.79 Å². The fraction of sp³-hybridized carbons (Fsp3) is 0.667. The van der Waals surface area contributed by atoms with E-state index < -0.39 is 12.0 Å². The Morgan fingerprint density at radius 2 is 1.55 bits per heavy atom. The zero-order valence-electron chi connectivity index (χ0n) is 23.8. The second-order valence-corrected chi connectivity index (χ2v) is 13.1. The van der Waals surface area contributed by atoms with E-state index in [2.05, 4.69) is 46.9 Å². The topological polar surface area (TPSA) is 90.0 Å². The molecule has 1 aromatic carbocycles. The SMILES string of the molecule is CC(C)c1ccc(NC(=O)N2CCC[C@H]2C(=O)N2CC[C@H]3[C@H]2[C@H](C)C(=O)N3C(=O)C2C(C)(C)C2(C)C)cc1. The molecule has 0 unspecified atom stereocenters. The highest BCUT2D eigenvalue weighted by molar-refractivity contribution is 6.02. The van der Waals surface area contributed by atoms with Crippen LogP contribution >= 0.6 is 0 Å². The molecule has 4 atom stereocenters. The smallest absolute Gasteiger partial charge is 0.322 e. The molecule has 1 aliphatic carbocycles. The molecule has 5 amide bonds. The van der Waals surface area contributed by atoms with Crippen molar-refractivity contribution >= 4 is 29.4 Å². The molecule has 0 radical (unpaired) electrons. The molecule has 5 rings (SSSR count). The molecule has 38 heavy (non-hydrogen) atoms. The van der Waals surface area contributed by atoms with E-state index in [1.807, 2.05) is 31.2 Å². The second kappa shape index (κ2) is 9.09. The number of rotatable bonds is 4. The third kappa shape index (κ3) is 3.93. The number of hydrogen-bond donors (Lipinski definition) is 1. The maximum atomic E-state index is 13.8. The van der Waals surface area contributed by atoms with Crippen LogP contribution in [0.25, 0.3) is 0 Å². The van der Waals surface area contributed by atoms with Crippen molar-refractivity contribution in [3.63, 3.8) is 0 Å². The maximum Gasteiger partial charge on any atom is 0.322 e. The first-order valence-corrected chi connectivity index (χ1v) is 14.1. The Kier molecular flexibility index (Phi) is 6.39. The summed E-state index contributed by atoms with van der Waals surface area (Å²) in [6, 6.07) is 6.34. The number of amides is 5. The molecule has 8 nitrogen and oxygen atoms in total. The molecule has 0 spiro atoms. The van der Waals surface area contributed by atoms with E-state index in [4.69, 9.17) is 0 Å². The van der Waals surface area contributed by atoms with E-state index in [0.29, 0.717) is 37.5 Å². The van der Waals surface area contributed by atoms with Gasteiger partial charge in [0.25, 0.3) is 0 Å². The normalized spacial score (nSPS) is 29.7. The van der Waals surface area contributed by atoms with Gasteiger partial charge in [0.15, 0.2) is 0 Å². The Hall–Kier alpha value is -2.90. The van der Waals surface area contributed by atoms with Crippen molar-refractivity contribution in [1.29, 1.82) is 0 Å². The first kappa shape index (κ1) is 26.7. The lowest BCUT2D eigenvalue weighted by Gasteiger charge is -2.32. The van der Waals surface area contributed by atoms with Gasteiger partial charge in [0.05, 0.1) is 18.0 Å². The maximum absolute atomic E-state index is 13.8. The number of benzene rings is 1. The lowest BCUT2D eigenvalue weighted by atomic mass is 10.0. The van der Waals surface area contributed by atoms with Crippen LogP contribution < -0.4 is 5.32 Å². The van der Waals surface area contributed by atoms with E-state index in [0.717, 1.165) is 6.42 Å². The number of imide groups is 1. The van der Waals surface area contributed by atoms with Gasteiger partial charge >= 0.3 is 6.03 Å². The van der Waals surface area contributed by atoms with Crippen LogP contribution in [0.5, 0.6) is 0 Å². The number of nitrogens with one attached hydrogen (secondary N) is 1. The lowest BCUT2D eigenvalue weighted by Crippen LogP contribution is -2.52. The fourth-order valence-corrected chi connectivity index (χ4v) is 7.30. The molecular weight excluding hydrogens is 480 g/mol. The Morgan fingerprint density at radius 1 is 0.921 bits per heavy atom. The van der Waals surface area contributed by atoms with Gasteiger partial charge in [0.1, 0.15) is 6.04 Å². The summed E-state index contributed by atoms with van der Waals surface area (Å²) in [6.45, 7) is 15.4. The summed E-state index contributed by atoms with van der Waals surface area (Å²) in [5, 5.41) is 2.95. The van der Waals surface area contributed by atoms with Gasteiger partial charge in [-0.1, -0.05) is 60.6 Å². The Bertz CT molecular complexity index is 1140. The summed E-state index contributed by atoms with van der Waals surface area (Å²) in [5.41, 5.74) is 1.58. The lowest BCUT2D eigenvalue weighted by molar-refractivity contribution is -0.146. The highest BCUT2D eigenvalue weighted by Gasteiger charge is 2.71. The predicted octanol–water partition coefficient (Wildman–Crippen LogP) is 4.46. The molecule has 0 aromatic heterocycles. The first-order valence-electron chi connectivity index (χ1n) is 14.1. The van der Waals surface area contributed by atoms with Crippen molar-refractivity contribution in [2.45, 2.75) is 91.8 Å². The van der Waals surface area contributed by atoms with Crippen molar-refractivity contribution < 1.29 is 19.2 Å². The van der Waals surface area contributed by atoms with Crippen molar-refractivity contribution in [1.82, 2.24) is 14.7 Å². The zero-order chi connectivity index (χ0) is 27.7. The first-order chi connectivity index (χ1) is 17.8. The van der Waals surface area contributed by atoms with Crippen LogP contribution in [0.4, 0.5) is 10.5 Å². The van der Waals surface area contributed by atoms with Crippen LogP contribution in [0.15, 0.2) is 24.3 Å². The molecule has 3 saturated heterocycles. The van der Waals surface area contributed by atoms with Crippen LogP contribution in [-0.2, 0) is 14.4 Å². The molecule has 4 aliphatic rings. The number of carbonyl (C=O) groups excluding carboxylic acids is 4. The van der Waals surface area contributed by atoms with Crippen LogP contribution in [0.1, 0.15) is 79.2 Å². The van der Waals surface area contributed by atoms with E-state index in [9.17, 15) is 19.2 Å². The van der Waals surface area contributed by atoms with E-state index in [1.54, 1.807) is 9.80 Å². The second-order valence-electron chi connectivity index (χ2n) is 13.1. The number of likely N-dealkylation sites (tertiary alicyclic amines) is 3. The van der Waals surface area contributed by atoms with Crippen LogP contribution in [0, 0.1) is 22.7 Å². The van der Waals surface area contributed by atoms with Gasteiger partial charge in [-0.3, -0.25) is 19.3 Å². The Balaban J connectivity index is 1.29. The quantitative estimate of drug-likeness (QED) is 0.591. The minimum Gasteiger partial charge on any atom is -0.335 e. The number of fused-ring (bicyclic) bond motifs is 1. The third-order valence-electron chi connectivity index (χ3n) is 10.3. The molecule has 1 aromatic rings. The number of anilines is 1. The van der Waals surface area contributed by atoms with E-state index in [-0.39, 0.29) is 52.6 Å². The van der Waals surface area contributed by atoms with Crippen molar-refractivity contribution in [3.8, 4) is 0 Å². The predicted molar refractivity (Wildman–Crippen MR) is 145 cm³/mol. The largest absolute Gasteiger partial charge is 0.335 e. The van der Waals surface area contributed by atoms with Crippen LogP contribution in [0.2, 0.25) is 0 Å². The summed E-state index contributed by atoms with van der Waals surface area (Å²) < 4.78 is 0. The van der Waals surface area contributed by atoms with Gasteiger partial charge in [0, 0.05) is 24.7 Å².